The summed E-state index contributed by atoms with van der Waals surface area (Å²) in [6, 6.07) is 1.99. The summed E-state index contributed by atoms with van der Waals surface area (Å²) in [5, 5.41) is 19.4. The normalized spacial score (nSPS) is 10.4. The first-order valence-corrected chi connectivity index (χ1v) is 5.38. The molecule has 0 unspecified atom stereocenters. The molecule has 1 aromatic carbocycles. The van der Waals surface area contributed by atoms with Crippen LogP contribution < -0.4 is 4.90 Å². The van der Waals surface area contributed by atoms with Crippen molar-refractivity contribution >= 4 is 23.0 Å². The zero-order chi connectivity index (χ0) is 13.0. The third-order valence-corrected chi connectivity index (χ3v) is 2.60. The number of likely N-dealkylation sites (N-methyl/N-ethyl adjacent to an activating group) is 1. The van der Waals surface area contributed by atoms with Gasteiger partial charge in [0, 0.05) is 25.2 Å². The Kier molecular flexibility index (Phi) is 4.65. The van der Waals surface area contributed by atoms with E-state index in [4.69, 9.17) is 16.7 Å². The van der Waals surface area contributed by atoms with E-state index in [1.54, 1.807) is 6.92 Å². The third-order valence-electron chi connectivity index (χ3n) is 2.31. The van der Waals surface area contributed by atoms with Crippen molar-refractivity contribution < 1.29 is 14.4 Å². The van der Waals surface area contributed by atoms with Crippen LogP contribution in [0, 0.1) is 15.9 Å². The average molecular weight is 263 g/mol. The summed E-state index contributed by atoms with van der Waals surface area (Å²) in [6.45, 7) is 2.20. The zero-order valence-electron chi connectivity index (χ0n) is 9.19. The smallest absolute Gasteiger partial charge is 0.294 e. The first-order valence-electron chi connectivity index (χ1n) is 5.00. The van der Waals surface area contributed by atoms with Gasteiger partial charge in [-0.25, -0.2) is 4.39 Å². The quantitative estimate of drug-likeness (QED) is 0.653. The van der Waals surface area contributed by atoms with Gasteiger partial charge < -0.3 is 10.0 Å². The molecule has 7 heteroatoms. The molecule has 0 fully saturated rings. The van der Waals surface area contributed by atoms with Crippen molar-refractivity contribution in [2.45, 2.75) is 6.92 Å². The van der Waals surface area contributed by atoms with Crippen LogP contribution in [-0.4, -0.2) is 29.7 Å². The maximum atomic E-state index is 13.3. The maximum absolute atomic E-state index is 13.3. The van der Waals surface area contributed by atoms with E-state index >= 15 is 0 Å². The predicted molar refractivity (Wildman–Crippen MR) is 63.0 cm³/mol. The summed E-state index contributed by atoms with van der Waals surface area (Å²) >= 11 is 5.51. The third kappa shape index (κ3) is 3.04. The predicted octanol–water partition coefficient (Wildman–Crippen LogP) is 2.21. The lowest BCUT2D eigenvalue weighted by atomic mass is 10.2. The molecular weight excluding hydrogens is 251 g/mol. The fourth-order valence-electron chi connectivity index (χ4n) is 1.49. The standard InChI is InChI=1S/C10H12ClFN2O3/c1-2-13(3-4-15)9-6-8(12)7(11)5-10(9)14(16)17/h5-6,15H,2-4H2,1H3. The summed E-state index contributed by atoms with van der Waals surface area (Å²) in [4.78, 5) is 11.7. The number of rotatable bonds is 5. The highest BCUT2D eigenvalue weighted by Crippen LogP contribution is 2.32. The van der Waals surface area contributed by atoms with Gasteiger partial charge in [-0.2, -0.15) is 0 Å². The number of aliphatic hydroxyl groups is 1. The second-order valence-electron chi connectivity index (χ2n) is 3.32. The number of hydrogen-bond donors (Lipinski definition) is 1. The number of halogens is 2. The molecule has 0 amide bonds. The summed E-state index contributed by atoms with van der Waals surface area (Å²) < 4.78 is 13.3. The Bertz CT molecular complexity index is 428. The molecule has 0 radical (unpaired) electrons. The SMILES string of the molecule is CCN(CCO)c1cc(F)c(Cl)cc1[N+](=O)[O-]. The molecule has 17 heavy (non-hydrogen) atoms. The topological polar surface area (TPSA) is 66.6 Å². The van der Waals surface area contributed by atoms with Gasteiger partial charge in [-0.3, -0.25) is 10.1 Å². The molecule has 0 spiro atoms. The second kappa shape index (κ2) is 5.79. The lowest BCUT2D eigenvalue weighted by Crippen LogP contribution is -2.27. The molecule has 0 saturated carbocycles. The monoisotopic (exact) mass is 262 g/mol. The lowest BCUT2D eigenvalue weighted by molar-refractivity contribution is -0.384. The van der Waals surface area contributed by atoms with E-state index < -0.39 is 10.7 Å². The minimum absolute atomic E-state index is 0.119. The Balaban J connectivity index is 3.28. The van der Waals surface area contributed by atoms with E-state index in [9.17, 15) is 14.5 Å². The molecule has 5 nitrogen and oxygen atoms in total. The zero-order valence-corrected chi connectivity index (χ0v) is 9.95. The van der Waals surface area contributed by atoms with Gasteiger partial charge in [-0.05, 0) is 6.92 Å². The second-order valence-corrected chi connectivity index (χ2v) is 3.72. The summed E-state index contributed by atoms with van der Waals surface area (Å²) in [5.41, 5.74) is -0.153. The maximum Gasteiger partial charge on any atom is 0.294 e. The van der Waals surface area contributed by atoms with Crippen LogP contribution in [0.5, 0.6) is 0 Å². The highest BCUT2D eigenvalue weighted by Gasteiger charge is 2.21. The van der Waals surface area contributed by atoms with Crippen molar-refractivity contribution in [2.24, 2.45) is 0 Å². The van der Waals surface area contributed by atoms with Crippen LogP contribution in [-0.2, 0) is 0 Å². The molecular formula is C10H12ClFN2O3. The Morgan fingerprint density at radius 2 is 2.24 bits per heavy atom. The fourth-order valence-corrected chi connectivity index (χ4v) is 1.65. The van der Waals surface area contributed by atoms with Crippen LogP contribution in [0.3, 0.4) is 0 Å². The van der Waals surface area contributed by atoms with Crippen molar-refractivity contribution in [3.63, 3.8) is 0 Å². The van der Waals surface area contributed by atoms with Crippen molar-refractivity contribution in [1.82, 2.24) is 0 Å². The Morgan fingerprint density at radius 3 is 2.71 bits per heavy atom. The number of anilines is 1. The van der Waals surface area contributed by atoms with E-state index in [1.807, 2.05) is 0 Å². The molecule has 1 N–H and O–H groups in total. The molecule has 0 aliphatic heterocycles. The van der Waals surface area contributed by atoms with Gasteiger partial charge in [0.1, 0.15) is 11.5 Å². The van der Waals surface area contributed by atoms with Crippen molar-refractivity contribution in [3.8, 4) is 0 Å². The van der Waals surface area contributed by atoms with Gasteiger partial charge in [0.05, 0.1) is 16.6 Å². The fraction of sp³-hybridized carbons (Fsp3) is 0.400. The van der Waals surface area contributed by atoms with Crippen molar-refractivity contribution in [1.29, 1.82) is 0 Å². The molecule has 1 aromatic rings. The van der Waals surface area contributed by atoms with Gasteiger partial charge in [0.25, 0.3) is 5.69 Å². The first-order chi connectivity index (χ1) is 8.01. The van der Waals surface area contributed by atoms with Crippen molar-refractivity contribution in [2.75, 3.05) is 24.6 Å². The van der Waals surface area contributed by atoms with E-state index in [0.29, 0.717) is 6.54 Å². The number of aliphatic hydroxyl groups excluding tert-OH is 1. The number of nitro groups is 1. The van der Waals surface area contributed by atoms with Crippen LogP contribution in [0.4, 0.5) is 15.8 Å². The van der Waals surface area contributed by atoms with E-state index in [1.165, 1.54) is 4.90 Å². The highest BCUT2D eigenvalue weighted by atomic mass is 35.5. The van der Waals surface area contributed by atoms with Crippen LogP contribution in [0.1, 0.15) is 6.92 Å². The molecule has 0 atom stereocenters. The van der Waals surface area contributed by atoms with Crippen LogP contribution >= 0.6 is 11.6 Å². The average Bonchev–Trinajstić information content (AvgIpc) is 2.29. The van der Waals surface area contributed by atoms with Gasteiger partial charge >= 0.3 is 0 Å². The Hall–Kier alpha value is -1.40. The van der Waals surface area contributed by atoms with Gasteiger partial charge in [-0.1, -0.05) is 11.6 Å². The van der Waals surface area contributed by atoms with Gasteiger partial charge in [0.15, 0.2) is 0 Å². The molecule has 94 valence electrons. The molecule has 0 aliphatic rings. The number of hydrogen-bond acceptors (Lipinski definition) is 4. The molecule has 0 saturated heterocycles. The minimum Gasteiger partial charge on any atom is -0.395 e. The van der Waals surface area contributed by atoms with Crippen molar-refractivity contribution in [3.05, 3.63) is 33.1 Å². The van der Waals surface area contributed by atoms with E-state index in [-0.39, 0.29) is 29.5 Å². The number of nitro benzene ring substituents is 1. The largest absolute Gasteiger partial charge is 0.395 e. The molecule has 0 aliphatic carbocycles. The molecule has 0 heterocycles. The van der Waals surface area contributed by atoms with E-state index in [0.717, 1.165) is 12.1 Å². The summed E-state index contributed by atoms with van der Waals surface area (Å²) in [7, 11) is 0. The number of benzene rings is 1. The van der Waals surface area contributed by atoms with Gasteiger partial charge in [0.2, 0.25) is 0 Å². The Morgan fingerprint density at radius 1 is 1.59 bits per heavy atom. The number of nitrogens with zero attached hydrogens (tertiary/aromatic N) is 2. The van der Waals surface area contributed by atoms with E-state index in [2.05, 4.69) is 0 Å². The molecule has 0 aromatic heterocycles. The summed E-state index contributed by atoms with van der Waals surface area (Å²) in [6.07, 6.45) is 0. The molecule has 0 bridgehead atoms. The highest BCUT2D eigenvalue weighted by molar-refractivity contribution is 6.31. The van der Waals surface area contributed by atoms with Crippen LogP contribution in [0.2, 0.25) is 5.02 Å². The first kappa shape index (κ1) is 13.7. The Labute approximate surface area is 103 Å². The van der Waals surface area contributed by atoms with Crippen LogP contribution in [0.15, 0.2) is 12.1 Å². The molecule has 1 rings (SSSR count). The summed E-state index contributed by atoms with van der Waals surface area (Å²) in [5.74, 6) is -0.719. The van der Waals surface area contributed by atoms with Crippen LogP contribution in [0.25, 0.3) is 0 Å². The lowest BCUT2D eigenvalue weighted by Gasteiger charge is -2.21. The minimum atomic E-state index is -0.719. The van der Waals surface area contributed by atoms with Gasteiger partial charge in [-0.15, -0.1) is 0 Å².